The van der Waals surface area contributed by atoms with Gasteiger partial charge in [-0.1, -0.05) is 18.2 Å². The van der Waals surface area contributed by atoms with Crippen LogP contribution in [0.25, 0.3) is 10.1 Å². The Morgan fingerprint density at radius 1 is 1.39 bits per heavy atom. The molecule has 0 saturated carbocycles. The van der Waals surface area contributed by atoms with Crippen LogP contribution in [0, 0.1) is 6.92 Å². The summed E-state index contributed by atoms with van der Waals surface area (Å²) in [6.45, 7) is 4.61. The van der Waals surface area contributed by atoms with Crippen molar-refractivity contribution in [2.45, 2.75) is 19.4 Å². The van der Waals surface area contributed by atoms with Crippen molar-refractivity contribution in [3.8, 4) is 0 Å². The highest BCUT2D eigenvalue weighted by Gasteiger charge is 2.40. The molecule has 1 amide bonds. The van der Waals surface area contributed by atoms with E-state index in [1.165, 1.54) is 11.3 Å². The Kier molecular flexibility index (Phi) is 2.47. The van der Waals surface area contributed by atoms with Crippen molar-refractivity contribution in [2.24, 2.45) is 0 Å². The van der Waals surface area contributed by atoms with Crippen LogP contribution in [-0.4, -0.2) is 34.6 Å². The second-order valence-corrected chi connectivity index (χ2v) is 6.26. The molecule has 0 radical (unpaired) electrons. The maximum absolute atomic E-state index is 12.3. The van der Waals surface area contributed by atoms with E-state index in [2.05, 4.69) is 0 Å². The molecule has 2 aromatic rings. The normalized spacial score (nSPS) is 17.8. The van der Waals surface area contributed by atoms with E-state index in [9.17, 15) is 9.90 Å². The number of amides is 1. The van der Waals surface area contributed by atoms with Crippen LogP contribution in [0.2, 0.25) is 0 Å². The first-order valence-electron chi connectivity index (χ1n) is 5.98. The highest BCUT2D eigenvalue weighted by atomic mass is 32.1. The van der Waals surface area contributed by atoms with Crippen molar-refractivity contribution in [2.75, 3.05) is 13.1 Å². The van der Waals surface area contributed by atoms with E-state index >= 15 is 0 Å². The van der Waals surface area contributed by atoms with Gasteiger partial charge in [-0.2, -0.15) is 0 Å². The average Bonchev–Trinajstić information content (AvgIpc) is 2.63. The predicted molar refractivity (Wildman–Crippen MR) is 73.1 cm³/mol. The van der Waals surface area contributed by atoms with Gasteiger partial charge in [0.2, 0.25) is 0 Å². The standard InChI is InChI=1S/C14H15NO2S/c1-9-10-5-3-4-6-11(10)18-12(9)13(16)15-7-14(2,17)8-15/h3-6,17H,7-8H2,1-2H3. The zero-order chi connectivity index (χ0) is 12.9. The molecule has 0 spiro atoms. The van der Waals surface area contributed by atoms with Crippen LogP contribution in [0.15, 0.2) is 24.3 Å². The molecular weight excluding hydrogens is 246 g/mol. The van der Waals surface area contributed by atoms with Gasteiger partial charge in [0, 0.05) is 4.70 Å². The maximum atomic E-state index is 12.3. The molecule has 2 heterocycles. The Morgan fingerprint density at radius 3 is 2.67 bits per heavy atom. The van der Waals surface area contributed by atoms with Gasteiger partial charge in [-0.25, -0.2) is 0 Å². The van der Waals surface area contributed by atoms with Gasteiger partial charge in [0.05, 0.1) is 23.6 Å². The lowest BCUT2D eigenvalue weighted by Gasteiger charge is -2.44. The molecule has 1 aromatic carbocycles. The van der Waals surface area contributed by atoms with Crippen LogP contribution in [0.5, 0.6) is 0 Å². The third-order valence-electron chi connectivity index (χ3n) is 3.39. The van der Waals surface area contributed by atoms with Crippen molar-refractivity contribution >= 4 is 27.3 Å². The number of thiophene rings is 1. The molecule has 3 rings (SSSR count). The fourth-order valence-corrected chi connectivity index (χ4v) is 3.62. The zero-order valence-corrected chi connectivity index (χ0v) is 11.3. The van der Waals surface area contributed by atoms with Gasteiger partial charge in [0.1, 0.15) is 0 Å². The molecule has 4 heteroatoms. The minimum absolute atomic E-state index is 0.0419. The third kappa shape index (κ3) is 1.72. The smallest absolute Gasteiger partial charge is 0.264 e. The number of β-amino-alcohol motifs (C(OH)–C–C–N with tert-alkyl or cyclic N) is 1. The Hall–Kier alpha value is -1.39. The molecule has 0 atom stereocenters. The minimum atomic E-state index is -0.708. The Morgan fingerprint density at radius 2 is 2.06 bits per heavy atom. The molecule has 1 saturated heterocycles. The predicted octanol–water partition coefficient (Wildman–Crippen LogP) is 2.42. The van der Waals surface area contributed by atoms with Gasteiger partial charge < -0.3 is 10.0 Å². The lowest BCUT2D eigenvalue weighted by atomic mass is 9.96. The molecule has 94 valence electrons. The number of aryl methyl sites for hydroxylation is 1. The van der Waals surface area contributed by atoms with E-state index < -0.39 is 5.60 Å². The summed E-state index contributed by atoms with van der Waals surface area (Å²) in [6, 6.07) is 8.06. The Bertz CT molecular complexity index is 622. The quantitative estimate of drug-likeness (QED) is 0.856. The van der Waals surface area contributed by atoms with E-state index in [-0.39, 0.29) is 5.91 Å². The second kappa shape index (κ2) is 3.80. The van der Waals surface area contributed by atoms with Crippen LogP contribution >= 0.6 is 11.3 Å². The van der Waals surface area contributed by atoms with Gasteiger partial charge in [0.15, 0.2) is 0 Å². The summed E-state index contributed by atoms with van der Waals surface area (Å²) in [5.41, 5.74) is 0.340. The molecule has 3 nitrogen and oxygen atoms in total. The number of carbonyl (C=O) groups is 1. The van der Waals surface area contributed by atoms with Gasteiger partial charge in [0.25, 0.3) is 5.91 Å². The topological polar surface area (TPSA) is 40.5 Å². The minimum Gasteiger partial charge on any atom is -0.386 e. The summed E-state index contributed by atoms with van der Waals surface area (Å²) >= 11 is 1.54. The Balaban J connectivity index is 1.95. The molecule has 1 fully saturated rings. The summed E-state index contributed by atoms with van der Waals surface area (Å²) in [5.74, 6) is 0.0419. The third-order valence-corrected chi connectivity index (χ3v) is 4.65. The first-order chi connectivity index (χ1) is 8.48. The number of aliphatic hydroxyl groups is 1. The molecule has 0 bridgehead atoms. The molecule has 18 heavy (non-hydrogen) atoms. The number of rotatable bonds is 1. The summed E-state index contributed by atoms with van der Waals surface area (Å²) in [4.78, 5) is 14.8. The molecule has 1 aromatic heterocycles. The number of hydrogen-bond donors (Lipinski definition) is 1. The molecule has 0 unspecified atom stereocenters. The molecule has 1 aliphatic rings. The van der Waals surface area contributed by atoms with Crippen molar-refractivity contribution in [3.63, 3.8) is 0 Å². The first kappa shape index (κ1) is 11.7. The van der Waals surface area contributed by atoms with E-state index in [4.69, 9.17) is 0 Å². The fraction of sp³-hybridized carbons (Fsp3) is 0.357. The zero-order valence-electron chi connectivity index (χ0n) is 10.4. The molecular formula is C14H15NO2S. The largest absolute Gasteiger partial charge is 0.386 e. The summed E-state index contributed by atoms with van der Waals surface area (Å²) in [6.07, 6.45) is 0. The van der Waals surface area contributed by atoms with Crippen LogP contribution in [0.3, 0.4) is 0 Å². The van der Waals surface area contributed by atoms with Gasteiger partial charge in [-0.3, -0.25) is 4.79 Å². The van der Waals surface area contributed by atoms with Crippen molar-refractivity contribution in [1.29, 1.82) is 0 Å². The van der Waals surface area contributed by atoms with E-state index in [1.54, 1.807) is 11.8 Å². The number of likely N-dealkylation sites (tertiary alicyclic amines) is 1. The highest BCUT2D eigenvalue weighted by Crippen LogP contribution is 2.33. The van der Waals surface area contributed by atoms with Gasteiger partial charge in [-0.15, -0.1) is 11.3 Å². The number of hydrogen-bond acceptors (Lipinski definition) is 3. The SMILES string of the molecule is Cc1c(C(=O)N2CC(C)(O)C2)sc2ccccc12. The number of fused-ring (bicyclic) bond motifs is 1. The van der Waals surface area contributed by atoms with Crippen LogP contribution in [0.1, 0.15) is 22.2 Å². The van der Waals surface area contributed by atoms with Gasteiger partial charge >= 0.3 is 0 Å². The lowest BCUT2D eigenvalue weighted by Crippen LogP contribution is -2.61. The van der Waals surface area contributed by atoms with Crippen LogP contribution < -0.4 is 0 Å². The van der Waals surface area contributed by atoms with Gasteiger partial charge in [-0.05, 0) is 30.9 Å². The number of nitrogens with zero attached hydrogens (tertiary/aromatic N) is 1. The summed E-state index contributed by atoms with van der Waals surface area (Å²) in [5, 5.41) is 10.8. The molecule has 1 aliphatic heterocycles. The van der Waals surface area contributed by atoms with E-state index in [0.717, 1.165) is 20.5 Å². The van der Waals surface area contributed by atoms with Crippen molar-refractivity contribution in [1.82, 2.24) is 4.90 Å². The summed E-state index contributed by atoms with van der Waals surface area (Å²) in [7, 11) is 0. The monoisotopic (exact) mass is 261 g/mol. The molecule has 1 N–H and O–H groups in total. The second-order valence-electron chi connectivity index (χ2n) is 5.21. The number of benzene rings is 1. The first-order valence-corrected chi connectivity index (χ1v) is 6.79. The van der Waals surface area contributed by atoms with Crippen LogP contribution in [0.4, 0.5) is 0 Å². The Labute approximate surface area is 110 Å². The van der Waals surface area contributed by atoms with E-state index in [0.29, 0.717) is 13.1 Å². The maximum Gasteiger partial charge on any atom is 0.264 e. The number of carbonyl (C=O) groups excluding carboxylic acids is 1. The summed E-state index contributed by atoms with van der Waals surface area (Å²) < 4.78 is 1.14. The van der Waals surface area contributed by atoms with Crippen molar-refractivity contribution in [3.05, 3.63) is 34.7 Å². The van der Waals surface area contributed by atoms with E-state index in [1.807, 2.05) is 31.2 Å². The highest BCUT2D eigenvalue weighted by molar-refractivity contribution is 7.21. The molecule has 0 aliphatic carbocycles. The van der Waals surface area contributed by atoms with Crippen LogP contribution in [-0.2, 0) is 0 Å². The average molecular weight is 261 g/mol. The fourth-order valence-electron chi connectivity index (χ4n) is 2.44. The van der Waals surface area contributed by atoms with Crippen molar-refractivity contribution < 1.29 is 9.90 Å². The lowest BCUT2D eigenvalue weighted by molar-refractivity contribution is -0.0667.